The summed E-state index contributed by atoms with van der Waals surface area (Å²) < 4.78 is 11.6. The molecule has 0 spiro atoms. The zero-order valence-corrected chi connectivity index (χ0v) is 8.64. The molecule has 0 unspecified atom stereocenters. The lowest BCUT2D eigenvalue weighted by molar-refractivity contribution is 0.682. The van der Waals surface area contributed by atoms with E-state index in [0.717, 1.165) is 11.3 Å². The molecular formula is C11H14OS. The Labute approximate surface area is 81.9 Å². The summed E-state index contributed by atoms with van der Waals surface area (Å²) in [7, 11) is -0.863. The van der Waals surface area contributed by atoms with Crippen LogP contribution in [0.5, 0.6) is 0 Å². The molecule has 1 aromatic rings. The number of hydrogen-bond donors (Lipinski definition) is 0. The second-order valence-electron chi connectivity index (χ2n) is 2.94. The van der Waals surface area contributed by atoms with Crippen molar-refractivity contribution in [1.29, 1.82) is 0 Å². The van der Waals surface area contributed by atoms with Crippen molar-refractivity contribution in [2.24, 2.45) is 0 Å². The molecule has 1 nitrogen and oxygen atoms in total. The quantitative estimate of drug-likeness (QED) is 0.673. The third kappa shape index (κ3) is 3.15. The van der Waals surface area contributed by atoms with Gasteiger partial charge in [-0.25, -0.2) is 0 Å². The average Bonchev–Trinajstić information content (AvgIpc) is 2.15. The van der Waals surface area contributed by atoms with Gasteiger partial charge in [0.25, 0.3) is 0 Å². The van der Waals surface area contributed by atoms with Crippen molar-refractivity contribution in [2.75, 3.05) is 5.75 Å². The molecule has 0 amide bonds. The molecule has 0 fully saturated rings. The van der Waals surface area contributed by atoms with E-state index in [4.69, 9.17) is 0 Å². The molecular weight excluding hydrogens is 180 g/mol. The molecule has 1 rings (SSSR count). The molecule has 2 heteroatoms. The van der Waals surface area contributed by atoms with Gasteiger partial charge in [-0.05, 0) is 25.5 Å². The zero-order valence-electron chi connectivity index (χ0n) is 7.82. The minimum Gasteiger partial charge on any atom is -0.254 e. The van der Waals surface area contributed by atoms with Crippen molar-refractivity contribution in [1.82, 2.24) is 0 Å². The van der Waals surface area contributed by atoms with Gasteiger partial charge in [0.1, 0.15) is 0 Å². The van der Waals surface area contributed by atoms with Gasteiger partial charge in [0, 0.05) is 10.6 Å². The van der Waals surface area contributed by atoms with Gasteiger partial charge in [-0.3, -0.25) is 4.21 Å². The molecule has 0 aliphatic rings. The molecule has 0 radical (unpaired) electrons. The van der Waals surface area contributed by atoms with E-state index in [0.29, 0.717) is 5.75 Å². The van der Waals surface area contributed by atoms with Gasteiger partial charge in [-0.15, -0.1) is 6.58 Å². The van der Waals surface area contributed by atoms with E-state index in [1.54, 1.807) is 6.08 Å². The first-order valence-electron chi connectivity index (χ1n) is 4.30. The minimum absolute atomic E-state index is 0.673. The Bertz CT molecular complexity index is 300. The molecule has 1 aromatic carbocycles. The molecule has 70 valence electrons. The minimum atomic E-state index is -0.863. The van der Waals surface area contributed by atoms with Crippen molar-refractivity contribution in [2.45, 2.75) is 18.2 Å². The fourth-order valence-corrected chi connectivity index (χ4v) is 2.05. The standard InChI is InChI=1S/C11H14OS/c1-3-4-9-13(12)11-7-5-10(2)6-8-11/h3,5-8H,1,4,9H2,2H3/t13-/m1/s1. The Morgan fingerprint density at radius 1 is 1.38 bits per heavy atom. The summed E-state index contributed by atoms with van der Waals surface area (Å²) in [5.41, 5.74) is 1.20. The Morgan fingerprint density at radius 3 is 2.54 bits per heavy atom. The van der Waals surface area contributed by atoms with Crippen LogP contribution in [0.2, 0.25) is 0 Å². The van der Waals surface area contributed by atoms with Crippen LogP contribution in [0.15, 0.2) is 41.8 Å². The van der Waals surface area contributed by atoms with Crippen LogP contribution in [0.25, 0.3) is 0 Å². The maximum atomic E-state index is 11.6. The van der Waals surface area contributed by atoms with Gasteiger partial charge in [-0.1, -0.05) is 23.8 Å². The van der Waals surface area contributed by atoms with E-state index >= 15 is 0 Å². The van der Waals surface area contributed by atoms with Gasteiger partial charge < -0.3 is 0 Å². The summed E-state index contributed by atoms with van der Waals surface area (Å²) in [5.74, 6) is 0.673. The van der Waals surface area contributed by atoms with E-state index in [1.165, 1.54) is 5.56 Å². The number of aryl methyl sites for hydroxylation is 1. The maximum Gasteiger partial charge on any atom is 0.0532 e. The van der Waals surface area contributed by atoms with E-state index in [-0.39, 0.29) is 0 Å². The van der Waals surface area contributed by atoms with E-state index in [9.17, 15) is 4.21 Å². The topological polar surface area (TPSA) is 17.1 Å². The molecule has 1 atom stereocenters. The van der Waals surface area contributed by atoms with E-state index in [1.807, 2.05) is 31.2 Å². The first kappa shape index (κ1) is 10.2. The first-order valence-corrected chi connectivity index (χ1v) is 5.62. The molecule has 0 heterocycles. The van der Waals surface area contributed by atoms with Gasteiger partial charge in [0.2, 0.25) is 0 Å². The van der Waals surface area contributed by atoms with Crippen molar-refractivity contribution >= 4 is 10.8 Å². The zero-order chi connectivity index (χ0) is 9.68. The second kappa shape index (κ2) is 4.97. The van der Waals surface area contributed by atoms with Gasteiger partial charge >= 0.3 is 0 Å². The Hall–Kier alpha value is -0.890. The predicted molar refractivity (Wildman–Crippen MR) is 57.3 cm³/mol. The summed E-state index contributed by atoms with van der Waals surface area (Å²) in [6.07, 6.45) is 2.60. The molecule has 0 N–H and O–H groups in total. The van der Waals surface area contributed by atoms with Gasteiger partial charge in [0.15, 0.2) is 0 Å². The highest BCUT2D eigenvalue weighted by Crippen LogP contribution is 2.08. The van der Waals surface area contributed by atoms with Crippen molar-refractivity contribution in [3.63, 3.8) is 0 Å². The van der Waals surface area contributed by atoms with Crippen LogP contribution >= 0.6 is 0 Å². The Kier molecular flexibility index (Phi) is 3.90. The van der Waals surface area contributed by atoms with E-state index in [2.05, 4.69) is 6.58 Å². The second-order valence-corrected chi connectivity index (χ2v) is 4.51. The van der Waals surface area contributed by atoms with Crippen LogP contribution in [-0.2, 0) is 10.8 Å². The monoisotopic (exact) mass is 194 g/mol. The van der Waals surface area contributed by atoms with Crippen LogP contribution in [0.3, 0.4) is 0 Å². The van der Waals surface area contributed by atoms with Crippen LogP contribution < -0.4 is 0 Å². The fourth-order valence-electron chi connectivity index (χ4n) is 0.998. The number of allylic oxidation sites excluding steroid dienone is 1. The average molecular weight is 194 g/mol. The van der Waals surface area contributed by atoms with E-state index < -0.39 is 10.8 Å². The first-order chi connectivity index (χ1) is 6.24. The molecule has 0 aliphatic heterocycles. The van der Waals surface area contributed by atoms with Crippen LogP contribution in [0.4, 0.5) is 0 Å². The fraction of sp³-hybridized carbons (Fsp3) is 0.273. The molecule has 13 heavy (non-hydrogen) atoms. The number of rotatable bonds is 4. The van der Waals surface area contributed by atoms with Crippen LogP contribution in [-0.4, -0.2) is 9.96 Å². The lowest BCUT2D eigenvalue weighted by Gasteiger charge is -2.00. The third-order valence-electron chi connectivity index (χ3n) is 1.79. The Balaban J connectivity index is 2.66. The maximum absolute atomic E-state index is 11.6. The largest absolute Gasteiger partial charge is 0.254 e. The van der Waals surface area contributed by atoms with Gasteiger partial charge in [-0.2, -0.15) is 0 Å². The number of benzene rings is 1. The molecule has 0 aromatic heterocycles. The van der Waals surface area contributed by atoms with Crippen molar-refractivity contribution in [3.05, 3.63) is 42.5 Å². The highest BCUT2D eigenvalue weighted by atomic mass is 32.2. The number of hydrogen-bond acceptors (Lipinski definition) is 1. The van der Waals surface area contributed by atoms with Crippen molar-refractivity contribution in [3.8, 4) is 0 Å². The van der Waals surface area contributed by atoms with Gasteiger partial charge in [0.05, 0.1) is 10.8 Å². The summed E-state index contributed by atoms with van der Waals surface area (Å²) in [5, 5.41) is 0. The lowest BCUT2D eigenvalue weighted by Crippen LogP contribution is -1.96. The van der Waals surface area contributed by atoms with Crippen molar-refractivity contribution < 1.29 is 4.21 Å². The smallest absolute Gasteiger partial charge is 0.0532 e. The highest BCUT2D eigenvalue weighted by molar-refractivity contribution is 7.85. The summed E-state index contributed by atoms with van der Waals surface area (Å²) in [6.45, 7) is 5.63. The molecule has 0 saturated heterocycles. The summed E-state index contributed by atoms with van der Waals surface area (Å²) in [6, 6.07) is 7.82. The van der Waals surface area contributed by atoms with Crippen LogP contribution in [0, 0.1) is 6.92 Å². The molecule has 0 aliphatic carbocycles. The Morgan fingerprint density at radius 2 is 2.00 bits per heavy atom. The summed E-state index contributed by atoms with van der Waals surface area (Å²) >= 11 is 0. The SMILES string of the molecule is C=CCC[S@@](=O)c1ccc(C)cc1. The van der Waals surface area contributed by atoms with Crippen LogP contribution in [0.1, 0.15) is 12.0 Å². The normalized spacial score (nSPS) is 12.4. The lowest BCUT2D eigenvalue weighted by atomic mass is 10.2. The molecule has 0 saturated carbocycles. The molecule has 0 bridgehead atoms. The predicted octanol–water partition coefficient (Wildman–Crippen LogP) is 2.68. The highest BCUT2D eigenvalue weighted by Gasteiger charge is 2.00. The third-order valence-corrected chi connectivity index (χ3v) is 3.20. The summed E-state index contributed by atoms with van der Waals surface area (Å²) in [4.78, 5) is 0.910.